The number of halogens is 2. The lowest BCUT2D eigenvalue weighted by molar-refractivity contribution is -0.147. The molecule has 98 valence electrons. The van der Waals surface area contributed by atoms with E-state index in [1.54, 1.807) is 7.05 Å². The second kappa shape index (κ2) is 4.71. The molecular formula is C13H15Cl2NO2. The SMILES string of the molecule is CN1CC(C2=CCC(C)(Cl)C=C2Cl)CC(=O)C1=O. The second-order valence-corrected chi connectivity index (χ2v) is 6.41. The summed E-state index contributed by atoms with van der Waals surface area (Å²) in [6, 6.07) is 0. The van der Waals surface area contributed by atoms with Gasteiger partial charge >= 0.3 is 0 Å². The van der Waals surface area contributed by atoms with Gasteiger partial charge in [-0.05, 0) is 25.0 Å². The average molecular weight is 288 g/mol. The number of ketones is 1. The predicted octanol–water partition coefficient (Wildman–Crippen LogP) is 2.48. The molecule has 1 amide bonds. The van der Waals surface area contributed by atoms with E-state index in [1.807, 2.05) is 19.1 Å². The molecule has 5 heteroatoms. The Balaban J connectivity index is 2.19. The number of nitrogens with zero attached hydrogens (tertiary/aromatic N) is 1. The van der Waals surface area contributed by atoms with E-state index in [0.717, 1.165) is 5.57 Å². The standard InChI is InChI=1S/C13H15Cl2NO2/c1-13(15)4-3-9(10(14)6-13)8-5-11(17)12(18)16(2)7-8/h3,6,8H,4-5,7H2,1-2H3. The first kappa shape index (κ1) is 13.6. The van der Waals surface area contributed by atoms with E-state index in [-0.39, 0.29) is 18.1 Å². The van der Waals surface area contributed by atoms with Crippen molar-refractivity contribution < 1.29 is 9.59 Å². The number of allylic oxidation sites excluding steroid dienone is 3. The highest BCUT2D eigenvalue weighted by Crippen LogP contribution is 2.38. The molecule has 1 fully saturated rings. The summed E-state index contributed by atoms with van der Waals surface area (Å²) in [5, 5.41) is 0.597. The number of amides is 1. The fourth-order valence-corrected chi connectivity index (χ4v) is 3.10. The lowest BCUT2D eigenvalue weighted by Crippen LogP contribution is -2.44. The van der Waals surface area contributed by atoms with E-state index in [1.165, 1.54) is 4.90 Å². The molecule has 2 unspecified atom stereocenters. The zero-order valence-corrected chi connectivity index (χ0v) is 11.9. The minimum Gasteiger partial charge on any atom is -0.339 e. The van der Waals surface area contributed by atoms with Crippen LogP contribution in [0.5, 0.6) is 0 Å². The van der Waals surface area contributed by atoms with Crippen LogP contribution in [0, 0.1) is 5.92 Å². The van der Waals surface area contributed by atoms with Gasteiger partial charge in [-0.2, -0.15) is 0 Å². The van der Waals surface area contributed by atoms with Crippen molar-refractivity contribution in [3.63, 3.8) is 0 Å². The van der Waals surface area contributed by atoms with Gasteiger partial charge in [0.15, 0.2) is 0 Å². The van der Waals surface area contributed by atoms with E-state index in [2.05, 4.69) is 0 Å². The van der Waals surface area contributed by atoms with Gasteiger partial charge < -0.3 is 4.90 Å². The molecule has 1 aliphatic heterocycles. The van der Waals surface area contributed by atoms with Gasteiger partial charge in [0.1, 0.15) is 0 Å². The van der Waals surface area contributed by atoms with Gasteiger partial charge in [-0.3, -0.25) is 9.59 Å². The summed E-state index contributed by atoms with van der Waals surface area (Å²) in [5.74, 6) is -0.778. The van der Waals surface area contributed by atoms with Crippen LogP contribution in [0.15, 0.2) is 22.8 Å². The Labute approximate surface area is 116 Å². The van der Waals surface area contributed by atoms with E-state index in [4.69, 9.17) is 23.2 Å². The van der Waals surface area contributed by atoms with Crippen LogP contribution in [-0.4, -0.2) is 35.1 Å². The van der Waals surface area contributed by atoms with Crippen molar-refractivity contribution in [2.75, 3.05) is 13.6 Å². The molecule has 2 atom stereocenters. The summed E-state index contributed by atoms with van der Waals surface area (Å²) in [6.07, 6.45) is 4.71. The van der Waals surface area contributed by atoms with E-state index in [9.17, 15) is 9.59 Å². The summed E-state index contributed by atoms with van der Waals surface area (Å²) in [6.45, 7) is 2.42. The first-order valence-electron chi connectivity index (χ1n) is 5.86. The maximum absolute atomic E-state index is 11.6. The van der Waals surface area contributed by atoms with Gasteiger partial charge in [-0.25, -0.2) is 0 Å². The molecule has 1 heterocycles. The Morgan fingerprint density at radius 1 is 1.44 bits per heavy atom. The van der Waals surface area contributed by atoms with E-state index in [0.29, 0.717) is 18.0 Å². The smallest absolute Gasteiger partial charge is 0.289 e. The minimum absolute atomic E-state index is 0.0169. The third-order valence-electron chi connectivity index (χ3n) is 3.38. The van der Waals surface area contributed by atoms with Crippen LogP contribution in [0.3, 0.4) is 0 Å². The number of hydrogen-bond donors (Lipinski definition) is 0. The number of rotatable bonds is 1. The lowest BCUT2D eigenvalue weighted by atomic mass is 9.84. The molecule has 0 saturated carbocycles. The van der Waals surface area contributed by atoms with Crippen molar-refractivity contribution >= 4 is 34.9 Å². The summed E-state index contributed by atoms with van der Waals surface area (Å²) < 4.78 is 0. The van der Waals surface area contributed by atoms with Crippen LogP contribution >= 0.6 is 23.2 Å². The van der Waals surface area contributed by atoms with E-state index < -0.39 is 10.8 Å². The largest absolute Gasteiger partial charge is 0.339 e. The lowest BCUT2D eigenvalue weighted by Gasteiger charge is -2.32. The fraction of sp³-hybridized carbons (Fsp3) is 0.538. The third kappa shape index (κ3) is 2.62. The van der Waals surface area contributed by atoms with Gasteiger partial charge in [-0.15, -0.1) is 11.6 Å². The van der Waals surface area contributed by atoms with Crippen molar-refractivity contribution in [3.8, 4) is 0 Å². The Hall–Kier alpha value is -0.800. The minimum atomic E-state index is -0.457. The van der Waals surface area contributed by atoms with Gasteiger partial charge in [0, 0.05) is 31.0 Å². The highest BCUT2D eigenvalue weighted by molar-refractivity contribution is 6.37. The zero-order chi connectivity index (χ0) is 13.5. The quantitative estimate of drug-likeness (QED) is 0.549. The number of piperidine rings is 1. The molecule has 0 bridgehead atoms. The molecule has 0 spiro atoms. The number of likely N-dealkylation sites (N-methyl/N-ethyl adjacent to an activating group) is 1. The third-order valence-corrected chi connectivity index (χ3v) is 3.97. The molecule has 0 aromatic rings. The van der Waals surface area contributed by atoms with Gasteiger partial charge in [0.2, 0.25) is 5.78 Å². The molecule has 0 aromatic heterocycles. The van der Waals surface area contributed by atoms with Crippen LogP contribution in [-0.2, 0) is 9.59 Å². The second-order valence-electron chi connectivity index (χ2n) is 5.14. The van der Waals surface area contributed by atoms with Gasteiger partial charge in [-0.1, -0.05) is 17.7 Å². The molecule has 3 nitrogen and oxygen atoms in total. The summed E-state index contributed by atoms with van der Waals surface area (Å²) >= 11 is 12.4. The highest BCUT2D eigenvalue weighted by atomic mass is 35.5. The zero-order valence-electron chi connectivity index (χ0n) is 10.4. The Morgan fingerprint density at radius 2 is 2.11 bits per heavy atom. The number of alkyl halides is 1. The van der Waals surface area contributed by atoms with E-state index >= 15 is 0 Å². The maximum atomic E-state index is 11.6. The Morgan fingerprint density at radius 3 is 2.67 bits per heavy atom. The van der Waals surface area contributed by atoms with Crippen LogP contribution in [0.4, 0.5) is 0 Å². The van der Waals surface area contributed by atoms with Gasteiger partial charge in [0.05, 0.1) is 4.87 Å². The fourth-order valence-electron chi connectivity index (χ4n) is 2.39. The highest BCUT2D eigenvalue weighted by Gasteiger charge is 2.35. The number of carbonyl (C=O) groups is 2. The van der Waals surface area contributed by atoms with Crippen LogP contribution in [0.1, 0.15) is 19.8 Å². The summed E-state index contributed by atoms with van der Waals surface area (Å²) in [5.41, 5.74) is 0.933. The molecule has 18 heavy (non-hydrogen) atoms. The number of Topliss-reactive ketones (excluding diaryl/α,β-unsaturated/α-hetero) is 1. The topological polar surface area (TPSA) is 37.4 Å². The Bertz CT molecular complexity index is 466. The van der Waals surface area contributed by atoms with Crippen LogP contribution in [0.25, 0.3) is 0 Å². The van der Waals surface area contributed by atoms with Crippen LogP contribution in [0.2, 0.25) is 0 Å². The molecule has 0 aromatic carbocycles. The van der Waals surface area contributed by atoms with Crippen molar-refractivity contribution in [2.24, 2.45) is 5.92 Å². The molecule has 0 radical (unpaired) electrons. The first-order chi connectivity index (χ1) is 8.30. The van der Waals surface area contributed by atoms with Crippen LogP contribution < -0.4 is 0 Å². The molecule has 1 aliphatic carbocycles. The van der Waals surface area contributed by atoms with Gasteiger partial charge in [0.25, 0.3) is 5.91 Å². The number of carbonyl (C=O) groups excluding carboxylic acids is 2. The molecular weight excluding hydrogens is 273 g/mol. The summed E-state index contributed by atoms with van der Waals surface area (Å²) in [4.78, 5) is 24.0. The van der Waals surface area contributed by atoms with Crippen molar-refractivity contribution in [2.45, 2.75) is 24.6 Å². The molecule has 1 saturated heterocycles. The number of likely N-dealkylation sites (tertiary alicyclic amines) is 1. The normalized spacial score (nSPS) is 33.3. The first-order valence-corrected chi connectivity index (χ1v) is 6.62. The van der Waals surface area contributed by atoms with Crippen molar-refractivity contribution in [3.05, 3.63) is 22.8 Å². The Kier molecular flexibility index (Phi) is 3.56. The monoisotopic (exact) mass is 287 g/mol. The molecule has 2 rings (SSSR count). The maximum Gasteiger partial charge on any atom is 0.289 e. The van der Waals surface area contributed by atoms with Crippen molar-refractivity contribution in [1.29, 1.82) is 0 Å². The molecule has 2 aliphatic rings. The summed E-state index contributed by atoms with van der Waals surface area (Å²) in [7, 11) is 1.64. The predicted molar refractivity (Wildman–Crippen MR) is 71.6 cm³/mol. The van der Waals surface area contributed by atoms with Crippen molar-refractivity contribution in [1.82, 2.24) is 4.90 Å². The number of hydrogen-bond acceptors (Lipinski definition) is 2. The average Bonchev–Trinajstić information content (AvgIpc) is 2.24. The molecule has 0 N–H and O–H groups in total.